The number of aryl methyl sites for hydroxylation is 4. The minimum atomic E-state index is -0.433. The van der Waals surface area contributed by atoms with Gasteiger partial charge in [-0.25, -0.2) is 9.78 Å². The second-order valence-corrected chi connectivity index (χ2v) is 8.24. The van der Waals surface area contributed by atoms with Gasteiger partial charge < -0.3 is 9.88 Å². The number of nitrogens with one attached hydrogen (secondary N) is 2. The Morgan fingerprint density at radius 2 is 1.81 bits per heavy atom. The normalized spacial score (nSPS) is 11.2. The molecule has 0 saturated heterocycles. The molecule has 0 spiro atoms. The number of imidazole rings is 1. The second kappa shape index (κ2) is 10.9. The lowest BCUT2D eigenvalue weighted by Gasteiger charge is -2.09. The summed E-state index contributed by atoms with van der Waals surface area (Å²) in [5.74, 6) is 0.553. The van der Waals surface area contributed by atoms with E-state index in [4.69, 9.17) is 0 Å². The lowest BCUT2D eigenvalue weighted by Crippen LogP contribution is -2.31. The van der Waals surface area contributed by atoms with Gasteiger partial charge in [0.05, 0.1) is 0 Å². The lowest BCUT2D eigenvalue weighted by molar-refractivity contribution is -0.116. The molecule has 1 amide bonds. The molecule has 8 heteroatoms. The molecular weight excluding hydrogens is 406 g/mol. The van der Waals surface area contributed by atoms with Crippen molar-refractivity contribution in [2.45, 2.75) is 78.8 Å². The maximum Gasteiger partial charge on any atom is 0.330 e. The van der Waals surface area contributed by atoms with Crippen LogP contribution in [0.25, 0.3) is 11.2 Å². The molecule has 0 fully saturated rings. The molecule has 0 aliphatic heterocycles. The molecule has 0 unspecified atom stereocenters. The van der Waals surface area contributed by atoms with Crippen LogP contribution in [0.3, 0.4) is 0 Å². The number of unbranched alkanes of at least 4 members (excludes halogenated alkanes) is 3. The highest BCUT2D eigenvalue weighted by Crippen LogP contribution is 2.16. The zero-order chi connectivity index (χ0) is 23.1. The highest BCUT2D eigenvalue weighted by molar-refractivity contribution is 5.90. The number of amides is 1. The zero-order valence-corrected chi connectivity index (χ0v) is 19.2. The topological polar surface area (TPSA) is 102 Å². The van der Waals surface area contributed by atoms with Crippen molar-refractivity contribution in [1.29, 1.82) is 0 Å². The average molecular weight is 440 g/mol. The van der Waals surface area contributed by atoms with Crippen molar-refractivity contribution in [2.75, 3.05) is 5.32 Å². The molecule has 32 heavy (non-hydrogen) atoms. The van der Waals surface area contributed by atoms with Gasteiger partial charge in [0, 0.05) is 31.6 Å². The molecule has 2 aromatic heterocycles. The van der Waals surface area contributed by atoms with E-state index in [2.05, 4.69) is 29.1 Å². The van der Waals surface area contributed by atoms with E-state index in [-0.39, 0.29) is 12.3 Å². The summed E-state index contributed by atoms with van der Waals surface area (Å²) in [5, 5.41) is 2.92. The molecule has 0 bridgehead atoms. The van der Waals surface area contributed by atoms with Gasteiger partial charge in [-0.2, -0.15) is 0 Å². The quantitative estimate of drug-likeness (QED) is 0.444. The van der Waals surface area contributed by atoms with E-state index < -0.39 is 11.2 Å². The summed E-state index contributed by atoms with van der Waals surface area (Å²) in [4.78, 5) is 44.8. The van der Waals surface area contributed by atoms with Crippen LogP contribution >= 0.6 is 0 Å². The van der Waals surface area contributed by atoms with E-state index in [0.717, 1.165) is 43.4 Å². The number of hydrogen-bond acceptors (Lipinski definition) is 4. The van der Waals surface area contributed by atoms with Crippen LogP contribution in [0.5, 0.6) is 0 Å². The highest BCUT2D eigenvalue weighted by Gasteiger charge is 2.19. The fraction of sp³-hybridized carbons (Fsp3) is 0.500. The Labute approximate surface area is 187 Å². The van der Waals surface area contributed by atoms with Crippen LogP contribution in [0, 0.1) is 6.92 Å². The second-order valence-electron chi connectivity index (χ2n) is 8.24. The van der Waals surface area contributed by atoms with Crippen molar-refractivity contribution in [2.24, 2.45) is 0 Å². The average Bonchev–Trinajstić information content (AvgIpc) is 3.11. The number of aromatic nitrogens is 4. The molecule has 172 valence electrons. The van der Waals surface area contributed by atoms with Gasteiger partial charge in [-0.05, 0) is 37.5 Å². The van der Waals surface area contributed by atoms with Crippen molar-refractivity contribution in [3.63, 3.8) is 0 Å². The van der Waals surface area contributed by atoms with Crippen LogP contribution in [-0.4, -0.2) is 25.0 Å². The summed E-state index contributed by atoms with van der Waals surface area (Å²) in [6, 6.07) is 7.66. The lowest BCUT2D eigenvalue weighted by atomic mass is 10.2. The molecule has 0 radical (unpaired) electrons. The number of anilines is 1. The van der Waals surface area contributed by atoms with Crippen molar-refractivity contribution < 1.29 is 4.79 Å². The SMILES string of the molecule is CCCCCn1c(CCC(=O)Nc2cccc(C)c2)nc2c1c(=O)[nH]c(=O)n2CCCC. The smallest absolute Gasteiger partial charge is 0.326 e. The molecule has 2 N–H and O–H groups in total. The summed E-state index contributed by atoms with van der Waals surface area (Å²) in [6.45, 7) is 7.29. The summed E-state index contributed by atoms with van der Waals surface area (Å²) in [5.41, 5.74) is 1.82. The largest absolute Gasteiger partial charge is 0.330 e. The third-order valence-corrected chi connectivity index (χ3v) is 5.56. The first-order valence-electron chi connectivity index (χ1n) is 11.5. The predicted octanol–water partition coefficient (Wildman–Crippen LogP) is 3.76. The van der Waals surface area contributed by atoms with E-state index in [1.807, 2.05) is 35.8 Å². The first kappa shape index (κ1) is 23.5. The van der Waals surface area contributed by atoms with Crippen molar-refractivity contribution >= 4 is 22.8 Å². The van der Waals surface area contributed by atoms with Gasteiger partial charge in [0.25, 0.3) is 5.56 Å². The number of carbonyl (C=O) groups is 1. The first-order chi connectivity index (χ1) is 15.4. The third kappa shape index (κ3) is 5.55. The van der Waals surface area contributed by atoms with Gasteiger partial charge in [0.1, 0.15) is 5.82 Å². The van der Waals surface area contributed by atoms with Gasteiger partial charge in [0.2, 0.25) is 5.91 Å². The summed E-state index contributed by atoms with van der Waals surface area (Å²) < 4.78 is 3.44. The third-order valence-electron chi connectivity index (χ3n) is 5.56. The molecule has 3 rings (SSSR count). The Balaban J connectivity index is 1.90. The number of carbonyl (C=O) groups excluding carboxylic acids is 1. The van der Waals surface area contributed by atoms with Crippen molar-refractivity contribution in [3.8, 4) is 0 Å². The molecular formula is C24H33N5O3. The molecule has 3 aromatic rings. The zero-order valence-electron chi connectivity index (χ0n) is 19.2. The molecule has 0 saturated carbocycles. The summed E-state index contributed by atoms with van der Waals surface area (Å²) in [6.07, 6.45) is 5.35. The van der Waals surface area contributed by atoms with E-state index >= 15 is 0 Å². The van der Waals surface area contributed by atoms with Crippen molar-refractivity contribution in [1.82, 2.24) is 19.1 Å². The minimum Gasteiger partial charge on any atom is -0.326 e. The number of aromatic amines is 1. The molecule has 0 aliphatic rings. The van der Waals surface area contributed by atoms with Crippen LogP contribution in [0.4, 0.5) is 5.69 Å². The first-order valence-corrected chi connectivity index (χ1v) is 11.5. The van der Waals surface area contributed by atoms with E-state index in [0.29, 0.717) is 36.5 Å². The standard InChI is InChI=1S/C24H33N5O3/c1-4-6-8-15-28-19(12-13-20(30)25-18-11-9-10-17(3)16-18)26-22-21(28)23(31)27-24(32)29(22)14-7-5-2/h9-11,16H,4-8,12-15H2,1-3H3,(H,25,30)(H,27,31,32). The van der Waals surface area contributed by atoms with Gasteiger partial charge in [-0.15, -0.1) is 0 Å². The Morgan fingerprint density at radius 3 is 2.53 bits per heavy atom. The number of hydrogen-bond donors (Lipinski definition) is 2. The number of rotatable bonds is 11. The Morgan fingerprint density at radius 1 is 1.06 bits per heavy atom. The molecule has 0 aliphatic carbocycles. The van der Waals surface area contributed by atoms with Crippen LogP contribution in [0.15, 0.2) is 33.9 Å². The molecule has 0 atom stereocenters. The number of H-pyrrole nitrogens is 1. The number of nitrogens with zero attached hydrogens (tertiary/aromatic N) is 3. The van der Waals surface area contributed by atoms with Crippen LogP contribution in [0.1, 0.15) is 63.8 Å². The summed E-state index contributed by atoms with van der Waals surface area (Å²) in [7, 11) is 0. The van der Waals surface area contributed by atoms with Crippen LogP contribution < -0.4 is 16.6 Å². The Hall–Kier alpha value is -3.16. The molecule has 8 nitrogen and oxygen atoms in total. The Kier molecular flexibility index (Phi) is 8.03. The maximum atomic E-state index is 12.7. The number of benzene rings is 1. The summed E-state index contributed by atoms with van der Waals surface area (Å²) >= 11 is 0. The van der Waals surface area contributed by atoms with E-state index in [1.54, 1.807) is 4.57 Å². The van der Waals surface area contributed by atoms with Crippen molar-refractivity contribution in [3.05, 3.63) is 56.5 Å². The van der Waals surface area contributed by atoms with Gasteiger partial charge in [-0.3, -0.25) is 19.1 Å². The fourth-order valence-electron chi connectivity index (χ4n) is 3.86. The monoisotopic (exact) mass is 439 g/mol. The van der Waals surface area contributed by atoms with Gasteiger partial charge >= 0.3 is 5.69 Å². The highest BCUT2D eigenvalue weighted by atomic mass is 16.2. The molecule has 2 heterocycles. The van der Waals surface area contributed by atoms with Gasteiger partial charge in [0.15, 0.2) is 11.2 Å². The van der Waals surface area contributed by atoms with Gasteiger partial charge in [-0.1, -0.05) is 45.2 Å². The molecule has 1 aromatic carbocycles. The van der Waals surface area contributed by atoms with Crippen LogP contribution in [0.2, 0.25) is 0 Å². The van der Waals surface area contributed by atoms with Crippen LogP contribution in [-0.2, 0) is 24.3 Å². The number of fused-ring (bicyclic) bond motifs is 1. The maximum absolute atomic E-state index is 12.7. The van der Waals surface area contributed by atoms with E-state index in [9.17, 15) is 14.4 Å². The predicted molar refractivity (Wildman–Crippen MR) is 127 cm³/mol. The fourth-order valence-corrected chi connectivity index (χ4v) is 3.86. The minimum absolute atomic E-state index is 0.111. The Bertz CT molecular complexity index is 1190. The van der Waals surface area contributed by atoms with E-state index in [1.165, 1.54) is 0 Å².